The van der Waals surface area contributed by atoms with Crippen molar-refractivity contribution in [2.75, 3.05) is 45.2 Å². The van der Waals surface area contributed by atoms with Crippen LogP contribution in [-0.2, 0) is 14.8 Å². The quantitative estimate of drug-likeness (QED) is 0.486. The third-order valence-corrected chi connectivity index (χ3v) is 5.98. The van der Waals surface area contributed by atoms with E-state index >= 15 is 0 Å². The fourth-order valence-electron chi connectivity index (χ4n) is 2.39. The summed E-state index contributed by atoms with van der Waals surface area (Å²) in [5, 5.41) is 5.87. The second kappa shape index (κ2) is 10.5. The van der Waals surface area contributed by atoms with Crippen LogP contribution >= 0.6 is 0 Å². The predicted octanol–water partition coefficient (Wildman–Crippen LogP) is 0.852. The number of carbonyl (C=O) groups excluding carboxylic acids is 1. The van der Waals surface area contributed by atoms with Crippen molar-refractivity contribution in [3.8, 4) is 0 Å². The molecule has 1 rings (SSSR count). The zero-order valence-electron chi connectivity index (χ0n) is 15.9. The van der Waals surface area contributed by atoms with Gasteiger partial charge in [0.05, 0.1) is 17.1 Å². The summed E-state index contributed by atoms with van der Waals surface area (Å²) in [6.07, 6.45) is 0. The number of ether oxygens (including phenoxy) is 1. The minimum atomic E-state index is -3.66. The first-order chi connectivity index (χ1) is 12.3. The van der Waals surface area contributed by atoms with Crippen molar-refractivity contribution < 1.29 is 17.9 Å². The number of hydrogen-bond acceptors (Lipinski definition) is 6. The third-order valence-electron chi connectivity index (χ3n) is 3.93. The highest BCUT2D eigenvalue weighted by molar-refractivity contribution is 7.89. The summed E-state index contributed by atoms with van der Waals surface area (Å²) in [5.74, 6) is -0.375. The summed E-state index contributed by atoms with van der Waals surface area (Å²) in [7, 11) is -2.08. The zero-order chi connectivity index (χ0) is 19.7. The van der Waals surface area contributed by atoms with Crippen molar-refractivity contribution in [2.45, 2.75) is 31.7 Å². The monoisotopic (exact) mass is 386 g/mol. The van der Waals surface area contributed by atoms with Crippen LogP contribution in [0.15, 0.2) is 23.1 Å². The second-order valence-corrected chi connectivity index (χ2v) is 7.76. The molecule has 0 heterocycles. The summed E-state index contributed by atoms with van der Waals surface area (Å²) in [5.41, 5.74) is 6.36. The van der Waals surface area contributed by atoms with E-state index in [4.69, 9.17) is 10.5 Å². The minimum Gasteiger partial charge on any atom is -0.383 e. The van der Waals surface area contributed by atoms with Crippen LogP contribution in [0.25, 0.3) is 0 Å². The number of methoxy groups -OCH3 is 1. The van der Waals surface area contributed by atoms with Gasteiger partial charge in [-0.05, 0) is 25.1 Å². The van der Waals surface area contributed by atoms with Gasteiger partial charge >= 0.3 is 0 Å². The van der Waals surface area contributed by atoms with E-state index < -0.39 is 10.0 Å². The molecule has 0 spiro atoms. The summed E-state index contributed by atoms with van der Waals surface area (Å²) in [6.45, 7) is 7.29. The van der Waals surface area contributed by atoms with Crippen LogP contribution in [0.1, 0.15) is 31.1 Å². The van der Waals surface area contributed by atoms with Crippen molar-refractivity contribution in [2.24, 2.45) is 5.73 Å². The van der Waals surface area contributed by atoms with Crippen molar-refractivity contribution in [1.29, 1.82) is 0 Å². The van der Waals surface area contributed by atoms with Gasteiger partial charge in [-0.25, -0.2) is 8.42 Å². The number of amides is 1. The average Bonchev–Trinajstić information content (AvgIpc) is 2.62. The molecule has 0 aliphatic rings. The van der Waals surface area contributed by atoms with Crippen LogP contribution in [0.3, 0.4) is 0 Å². The Bertz CT molecular complexity index is 690. The number of nitrogens with one attached hydrogen (secondary N) is 2. The Kier molecular flexibility index (Phi) is 9.00. The maximum atomic E-state index is 12.8. The minimum absolute atomic E-state index is 0.0871. The molecule has 1 amide bonds. The molecule has 0 saturated heterocycles. The summed E-state index contributed by atoms with van der Waals surface area (Å²) >= 11 is 0. The topological polar surface area (TPSA) is 114 Å². The van der Waals surface area contributed by atoms with Gasteiger partial charge in [-0.1, -0.05) is 13.8 Å². The van der Waals surface area contributed by atoms with Gasteiger partial charge in [0.2, 0.25) is 10.0 Å². The molecular formula is C17H30N4O4S. The molecule has 0 aromatic heterocycles. The van der Waals surface area contributed by atoms with Gasteiger partial charge in [0.1, 0.15) is 0 Å². The molecule has 0 aliphatic heterocycles. The van der Waals surface area contributed by atoms with Gasteiger partial charge in [0, 0.05) is 45.0 Å². The number of sulfonamides is 1. The molecule has 0 radical (unpaired) electrons. The molecule has 9 heteroatoms. The Balaban J connectivity index is 3.29. The average molecular weight is 387 g/mol. The lowest BCUT2D eigenvalue weighted by Gasteiger charge is -2.20. The second-order valence-electron chi connectivity index (χ2n) is 5.83. The largest absolute Gasteiger partial charge is 0.383 e. The van der Waals surface area contributed by atoms with Crippen molar-refractivity contribution in [1.82, 2.24) is 9.62 Å². The number of benzene rings is 1. The molecule has 4 N–H and O–H groups in total. The fraction of sp³-hybridized carbons (Fsp3) is 0.588. The summed E-state index contributed by atoms with van der Waals surface area (Å²) in [4.78, 5) is 12.7. The maximum absolute atomic E-state index is 12.8. The first kappa shape index (κ1) is 22.4. The van der Waals surface area contributed by atoms with E-state index in [0.29, 0.717) is 31.9 Å². The number of nitrogens with zero attached hydrogens (tertiary/aromatic N) is 1. The standard InChI is InChI=1S/C17H30N4O4S/c1-5-21(6-2)26(23,24)14-7-8-16(19-9-10-25-4)15(11-14)17(22)20-13(3)12-18/h7-8,11,13,19H,5-6,9-10,12,18H2,1-4H3,(H,20,22)/t13-/m0/s1. The van der Waals surface area contributed by atoms with E-state index in [-0.39, 0.29) is 29.0 Å². The number of rotatable bonds is 11. The van der Waals surface area contributed by atoms with Gasteiger partial charge in [-0.15, -0.1) is 0 Å². The van der Waals surface area contributed by atoms with E-state index in [1.54, 1.807) is 33.9 Å². The summed E-state index contributed by atoms with van der Waals surface area (Å²) in [6, 6.07) is 4.29. The third kappa shape index (κ3) is 5.66. The lowest BCUT2D eigenvalue weighted by molar-refractivity contribution is 0.0942. The van der Waals surface area contributed by atoms with Crippen molar-refractivity contribution in [3.63, 3.8) is 0 Å². The van der Waals surface area contributed by atoms with E-state index in [1.165, 1.54) is 16.4 Å². The van der Waals surface area contributed by atoms with Crippen molar-refractivity contribution >= 4 is 21.6 Å². The number of hydrogen-bond donors (Lipinski definition) is 3. The SMILES string of the molecule is CCN(CC)S(=O)(=O)c1ccc(NCCOC)c(C(=O)N[C@@H](C)CN)c1. The van der Waals surface area contributed by atoms with Crippen LogP contribution in [0.5, 0.6) is 0 Å². The highest BCUT2D eigenvalue weighted by Crippen LogP contribution is 2.23. The smallest absolute Gasteiger partial charge is 0.253 e. The van der Waals surface area contributed by atoms with Gasteiger partial charge in [0.15, 0.2) is 0 Å². The maximum Gasteiger partial charge on any atom is 0.253 e. The molecule has 0 aliphatic carbocycles. The van der Waals surface area contributed by atoms with E-state index in [1.807, 2.05) is 0 Å². The van der Waals surface area contributed by atoms with E-state index in [2.05, 4.69) is 10.6 Å². The van der Waals surface area contributed by atoms with Gasteiger partial charge in [-0.2, -0.15) is 4.31 Å². The Morgan fingerprint density at radius 3 is 2.50 bits per heavy atom. The lowest BCUT2D eigenvalue weighted by atomic mass is 10.1. The summed E-state index contributed by atoms with van der Waals surface area (Å²) < 4.78 is 31.9. The van der Waals surface area contributed by atoms with Gasteiger partial charge in [-0.3, -0.25) is 4.79 Å². The molecule has 8 nitrogen and oxygen atoms in total. The van der Waals surface area contributed by atoms with Crippen LogP contribution in [0, 0.1) is 0 Å². The first-order valence-electron chi connectivity index (χ1n) is 8.69. The molecule has 1 atom stereocenters. The van der Waals surface area contributed by atoms with Crippen LogP contribution in [0.2, 0.25) is 0 Å². The number of carbonyl (C=O) groups is 1. The molecule has 0 bridgehead atoms. The predicted molar refractivity (Wildman–Crippen MR) is 103 cm³/mol. The Morgan fingerprint density at radius 2 is 1.96 bits per heavy atom. The van der Waals surface area contributed by atoms with Gasteiger partial charge in [0.25, 0.3) is 5.91 Å². The molecule has 148 valence electrons. The Labute approximate surface area is 156 Å². The molecule has 0 unspecified atom stereocenters. The molecule has 26 heavy (non-hydrogen) atoms. The van der Waals surface area contributed by atoms with E-state index in [9.17, 15) is 13.2 Å². The van der Waals surface area contributed by atoms with E-state index in [0.717, 1.165) is 0 Å². The van der Waals surface area contributed by atoms with Crippen molar-refractivity contribution in [3.05, 3.63) is 23.8 Å². The Hall–Kier alpha value is -1.68. The van der Waals surface area contributed by atoms with Crippen LogP contribution in [-0.4, -0.2) is 64.6 Å². The van der Waals surface area contributed by atoms with Crippen LogP contribution in [0.4, 0.5) is 5.69 Å². The molecular weight excluding hydrogens is 356 g/mol. The highest BCUT2D eigenvalue weighted by Gasteiger charge is 2.24. The molecule has 0 saturated carbocycles. The fourth-order valence-corrected chi connectivity index (χ4v) is 3.87. The molecule has 1 aromatic rings. The lowest BCUT2D eigenvalue weighted by Crippen LogP contribution is -2.38. The zero-order valence-corrected chi connectivity index (χ0v) is 16.7. The molecule has 0 fully saturated rings. The number of nitrogens with two attached hydrogens (primary N) is 1. The molecule has 1 aromatic carbocycles. The van der Waals surface area contributed by atoms with Gasteiger partial charge < -0.3 is 21.1 Å². The van der Waals surface area contributed by atoms with Crippen LogP contribution < -0.4 is 16.4 Å². The normalized spacial score (nSPS) is 12.8. The first-order valence-corrected chi connectivity index (χ1v) is 10.1. The highest BCUT2D eigenvalue weighted by atomic mass is 32.2. The number of anilines is 1. The Morgan fingerprint density at radius 1 is 1.31 bits per heavy atom.